The van der Waals surface area contributed by atoms with Gasteiger partial charge < -0.3 is 4.74 Å². The summed E-state index contributed by atoms with van der Waals surface area (Å²) < 4.78 is 15.8. The van der Waals surface area contributed by atoms with E-state index < -0.39 is 10.8 Å². The predicted octanol–water partition coefficient (Wildman–Crippen LogP) is 2.05. The van der Waals surface area contributed by atoms with E-state index in [1.807, 2.05) is 0 Å². The van der Waals surface area contributed by atoms with Crippen molar-refractivity contribution < 1.29 is 8.95 Å². The summed E-state index contributed by atoms with van der Waals surface area (Å²) in [4.78, 5) is 0. The number of benzene rings is 1. The van der Waals surface area contributed by atoms with Crippen LogP contribution in [0.3, 0.4) is 0 Å². The summed E-state index contributed by atoms with van der Waals surface area (Å²) in [6.07, 6.45) is 1.59. The molecule has 0 aliphatic heterocycles. The molecule has 2 nitrogen and oxygen atoms in total. The van der Waals surface area contributed by atoms with Gasteiger partial charge in [0.05, 0.1) is 10.8 Å². The largest absolute Gasteiger partial charge is 0.480 e. The molecule has 12 heavy (non-hydrogen) atoms. The Morgan fingerprint density at radius 1 is 1.42 bits per heavy atom. The molecule has 4 heteroatoms. The summed E-state index contributed by atoms with van der Waals surface area (Å²) in [6, 6.07) is 6.95. The van der Waals surface area contributed by atoms with E-state index in [9.17, 15) is 4.21 Å². The summed E-state index contributed by atoms with van der Waals surface area (Å²) in [5.41, 5.74) is 0. The molecule has 66 valence electrons. The van der Waals surface area contributed by atoms with Gasteiger partial charge in [0.15, 0.2) is 5.94 Å². The predicted molar refractivity (Wildman–Crippen MR) is 51.0 cm³/mol. The third kappa shape index (κ3) is 3.24. The lowest BCUT2D eigenvalue weighted by molar-refractivity contribution is 0.387. The molecule has 1 unspecified atom stereocenters. The van der Waals surface area contributed by atoms with E-state index in [0.717, 1.165) is 0 Å². The molecule has 1 aromatic carbocycles. The highest BCUT2D eigenvalue weighted by molar-refractivity contribution is 7.84. The van der Waals surface area contributed by atoms with E-state index in [0.29, 0.717) is 10.8 Å². The lowest BCUT2D eigenvalue weighted by Crippen LogP contribution is -2.02. The minimum atomic E-state index is -0.927. The number of hydrogen-bond donors (Lipinski definition) is 0. The van der Waals surface area contributed by atoms with Crippen LogP contribution in [0.25, 0.3) is 0 Å². The average molecular weight is 205 g/mol. The molecule has 0 radical (unpaired) electrons. The first kappa shape index (κ1) is 9.55. The van der Waals surface area contributed by atoms with Gasteiger partial charge in [0.25, 0.3) is 0 Å². The summed E-state index contributed by atoms with van der Waals surface area (Å²) in [7, 11) is -0.927. The maximum absolute atomic E-state index is 10.6. The molecule has 0 saturated heterocycles. The fraction of sp³-hybridized carbons (Fsp3) is 0.250. The highest BCUT2D eigenvalue weighted by atomic mass is 35.5. The quantitative estimate of drug-likeness (QED) is 0.754. The van der Waals surface area contributed by atoms with Gasteiger partial charge in [0.2, 0.25) is 0 Å². The van der Waals surface area contributed by atoms with Gasteiger partial charge >= 0.3 is 0 Å². The molecule has 0 aliphatic carbocycles. The van der Waals surface area contributed by atoms with Crippen LogP contribution in [0, 0.1) is 0 Å². The zero-order chi connectivity index (χ0) is 8.97. The fourth-order valence-electron chi connectivity index (χ4n) is 0.682. The Hall–Kier alpha value is -0.540. The zero-order valence-corrected chi connectivity index (χ0v) is 8.19. The molecule has 0 bridgehead atoms. The van der Waals surface area contributed by atoms with Gasteiger partial charge in [-0.2, -0.15) is 0 Å². The Labute approximate surface area is 79.0 Å². The van der Waals surface area contributed by atoms with Crippen LogP contribution in [0.15, 0.2) is 24.3 Å². The molecule has 0 spiro atoms. The smallest absolute Gasteiger partial charge is 0.162 e. The monoisotopic (exact) mass is 204 g/mol. The Bertz CT molecular complexity index is 271. The lowest BCUT2D eigenvalue weighted by Gasteiger charge is -2.02. The summed E-state index contributed by atoms with van der Waals surface area (Å²) in [6.45, 7) is 0. The van der Waals surface area contributed by atoms with Crippen LogP contribution in [0.4, 0.5) is 0 Å². The van der Waals surface area contributed by atoms with E-state index in [4.69, 9.17) is 16.3 Å². The molecule has 0 fully saturated rings. The molecule has 1 rings (SSSR count). The van der Waals surface area contributed by atoms with Gasteiger partial charge in [-0.25, -0.2) is 0 Å². The molecular formula is C8H9ClO2S. The van der Waals surface area contributed by atoms with Crippen molar-refractivity contribution in [2.45, 2.75) is 0 Å². The summed E-state index contributed by atoms with van der Waals surface area (Å²) in [5.74, 6) is 0.913. The zero-order valence-electron chi connectivity index (χ0n) is 6.62. The summed E-state index contributed by atoms with van der Waals surface area (Å²) >= 11 is 5.66. The topological polar surface area (TPSA) is 26.3 Å². The SMILES string of the molecule is CS(=O)COc1ccc(Cl)cc1. The third-order valence-electron chi connectivity index (χ3n) is 1.21. The second kappa shape index (κ2) is 4.48. The van der Waals surface area contributed by atoms with Crippen molar-refractivity contribution in [1.29, 1.82) is 0 Å². The standard InChI is InChI=1S/C8H9ClO2S/c1-12(10)6-11-8-4-2-7(9)3-5-8/h2-5H,6H2,1H3. The minimum Gasteiger partial charge on any atom is -0.480 e. The number of rotatable bonds is 3. The minimum absolute atomic E-state index is 0.224. The van der Waals surface area contributed by atoms with Crippen LogP contribution in [-0.4, -0.2) is 16.4 Å². The molecule has 1 aromatic rings. The van der Waals surface area contributed by atoms with E-state index in [2.05, 4.69) is 0 Å². The normalized spacial score (nSPS) is 12.5. The molecule has 0 amide bonds. The highest BCUT2D eigenvalue weighted by Gasteiger charge is 1.94. The highest BCUT2D eigenvalue weighted by Crippen LogP contribution is 2.15. The first-order valence-corrected chi connectivity index (χ1v) is 5.47. The average Bonchev–Trinajstić information content (AvgIpc) is 2.03. The summed E-state index contributed by atoms with van der Waals surface area (Å²) in [5, 5.41) is 0.667. The van der Waals surface area contributed by atoms with Crippen LogP contribution in [0.2, 0.25) is 5.02 Å². The van der Waals surface area contributed by atoms with Gasteiger partial charge in [-0.3, -0.25) is 4.21 Å². The van der Waals surface area contributed by atoms with Gasteiger partial charge in [0.1, 0.15) is 5.75 Å². The Morgan fingerprint density at radius 2 is 2.00 bits per heavy atom. The van der Waals surface area contributed by atoms with Crippen molar-refractivity contribution in [3.63, 3.8) is 0 Å². The van der Waals surface area contributed by atoms with Crippen molar-refractivity contribution >= 4 is 22.4 Å². The number of hydrogen-bond acceptors (Lipinski definition) is 2. The van der Waals surface area contributed by atoms with E-state index in [1.165, 1.54) is 0 Å². The molecular weight excluding hydrogens is 196 g/mol. The molecule has 0 aromatic heterocycles. The number of ether oxygens (including phenoxy) is 1. The van der Waals surface area contributed by atoms with Crippen molar-refractivity contribution in [3.05, 3.63) is 29.3 Å². The molecule has 0 saturated carbocycles. The van der Waals surface area contributed by atoms with Crippen LogP contribution in [0.5, 0.6) is 5.75 Å². The van der Waals surface area contributed by atoms with Crippen molar-refractivity contribution in [3.8, 4) is 5.75 Å². The van der Waals surface area contributed by atoms with E-state index in [1.54, 1.807) is 30.5 Å². The maximum atomic E-state index is 10.6. The lowest BCUT2D eigenvalue weighted by atomic mass is 10.3. The van der Waals surface area contributed by atoms with Crippen LogP contribution in [0.1, 0.15) is 0 Å². The Kier molecular flexibility index (Phi) is 3.56. The van der Waals surface area contributed by atoms with Crippen molar-refractivity contribution in [2.75, 3.05) is 12.2 Å². The number of halogens is 1. The first-order chi connectivity index (χ1) is 5.68. The van der Waals surface area contributed by atoms with Gasteiger partial charge in [0, 0.05) is 11.3 Å². The molecule has 0 N–H and O–H groups in total. The van der Waals surface area contributed by atoms with Crippen molar-refractivity contribution in [2.24, 2.45) is 0 Å². The van der Waals surface area contributed by atoms with Crippen LogP contribution >= 0.6 is 11.6 Å². The van der Waals surface area contributed by atoms with Gasteiger partial charge in [-0.15, -0.1) is 0 Å². The van der Waals surface area contributed by atoms with Crippen molar-refractivity contribution in [1.82, 2.24) is 0 Å². The second-order valence-electron chi connectivity index (χ2n) is 2.29. The Morgan fingerprint density at radius 3 is 2.50 bits per heavy atom. The maximum Gasteiger partial charge on any atom is 0.162 e. The Balaban J connectivity index is 2.53. The second-order valence-corrected chi connectivity index (χ2v) is 4.11. The first-order valence-electron chi connectivity index (χ1n) is 3.37. The molecule has 0 heterocycles. The van der Waals surface area contributed by atoms with Gasteiger partial charge in [-0.05, 0) is 24.3 Å². The van der Waals surface area contributed by atoms with Gasteiger partial charge in [-0.1, -0.05) is 11.6 Å². The molecule has 0 aliphatic rings. The fourth-order valence-corrected chi connectivity index (χ4v) is 1.11. The van der Waals surface area contributed by atoms with Crippen LogP contribution in [-0.2, 0) is 10.8 Å². The van der Waals surface area contributed by atoms with E-state index >= 15 is 0 Å². The molecule has 1 atom stereocenters. The van der Waals surface area contributed by atoms with E-state index in [-0.39, 0.29) is 5.94 Å². The third-order valence-corrected chi connectivity index (χ3v) is 1.91. The van der Waals surface area contributed by atoms with Crippen LogP contribution < -0.4 is 4.74 Å².